The maximum absolute atomic E-state index is 12.3. The molecule has 0 atom stereocenters. The minimum atomic E-state index is -4.50. The molecule has 0 fully saturated rings. The first-order valence-electron chi connectivity index (χ1n) is 5.61. The average Bonchev–Trinajstić information content (AvgIpc) is 2.26. The second kappa shape index (κ2) is 5.16. The van der Waals surface area contributed by atoms with Crippen molar-refractivity contribution in [3.05, 3.63) is 29.6 Å². The van der Waals surface area contributed by atoms with E-state index in [0.717, 1.165) is 18.4 Å². The van der Waals surface area contributed by atoms with Crippen molar-refractivity contribution < 1.29 is 26.4 Å². The lowest BCUT2D eigenvalue weighted by Gasteiger charge is -2.20. The predicted molar refractivity (Wildman–Crippen MR) is 66.9 cm³/mol. The number of carbonyl (C=O) groups excluding carboxylic acids is 1. The molecule has 20 heavy (non-hydrogen) atoms. The van der Waals surface area contributed by atoms with E-state index in [-0.39, 0.29) is 12.1 Å². The van der Waals surface area contributed by atoms with Crippen LogP contribution in [-0.4, -0.2) is 30.2 Å². The molecule has 0 aliphatic rings. The van der Waals surface area contributed by atoms with Gasteiger partial charge in [0.2, 0.25) is 0 Å². The lowest BCUT2D eigenvalue weighted by atomic mass is 10.0. The van der Waals surface area contributed by atoms with E-state index < -0.39 is 32.1 Å². The zero-order valence-electron chi connectivity index (χ0n) is 11.2. The van der Waals surface area contributed by atoms with Gasteiger partial charge in [-0.15, -0.1) is 0 Å². The standard InChI is InChI=1S/C12H14F3NO3S/c1-11(2,20(3,18)19)10(17)6-9-5-4-8(7-16-9)12(13,14)15/h4-5,7H,6H2,1-3H3. The van der Waals surface area contributed by atoms with E-state index in [4.69, 9.17) is 0 Å². The van der Waals surface area contributed by atoms with Crippen LogP contribution in [0, 0.1) is 0 Å². The molecule has 0 aliphatic heterocycles. The summed E-state index contributed by atoms with van der Waals surface area (Å²) >= 11 is 0. The Bertz CT molecular complexity index is 604. The highest BCUT2D eigenvalue weighted by Gasteiger charge is 2.38. The highest BCUT2D eigenvalue weighted by molar-refractivity contribution is 7.92. The Labute approximate surface area is 114 Å². The van der Waals surface area contributed by atoms with Gasteiger partial charge in [-0.2, -0.15) is 13.2 Å². The first-order chi connectivity index (χ1) is 8.85. The van der Waals surface area contributed by atoms with Gasteiger partial charge in [0.25, 0.3) is 0 Å². The Morgan fingerprint density at radius 1 is 1.25 bits per heavy atom. The van der Waals surface area contributed by atoms with Crippen LogP contribution >= 0.6 is 0 Å². The van der Waals surface area contributed by atoms with Crippen LogP contribution in [0.4, 0.5) is 13.2 Å². The number of rotatable bonds is 4. The molecule has 0 N–H and O–H groups in total. The first kappa shape index (κ1) is 16.6. The van der Waals surface area contributed by atoms with Gasteiger partial charge in [-0.1, -0.05) is 0 Å². The van der Waals surface area contributed by atoms with Gasteiger partial charge in [-0.25, -0.2) is 8.42 Å². The molecule has 1 aromatic heterocycles. The fourth-order valence-corrected chi connectivity index (χ4v) is 1.77. The summed E-state index contributed by atoms with van der Waals surface area (Å²) in [6, 6.07) is 1.88. The van der Waals surface area contributed by atoms with Gasteiger partial charge < -0.3 is 0 Å². The number of nitrogens with zero attached hydrogens (tertiary/aromatic N) is 1. The minimum Gasteiger partial charge on any atom is -0.298 e. The fourth-order valence-electron chi connectivity index (χ4n) is 1.28. The molecule has 4 nitrogen and oxygen atoms in total. The van der Waals surface area contributed by atoms with Gasteiger partial charge >= 0.3 is 6.18 Å². The van der Waals surface area contributed by atoms with Crippen molar-refractivity contribution in [1.29, 1.82) is 0 Å². The highest BCUT2D eigenvalue weighted by Crippen LogP contribution is 2.28. The summed E-state index contributed by atoms with van der Waals surface area (Å²) in [5.74, 6) is -0.618. The molecular formula is C12H14F3NO3S. The van der Waals surface area contributed by atoms with E-state index in [0.29, 0.717) is 6.20 Å². The van der Waals surface area contributed by atoms with Crippen molar-refractivity contribution in [2.45, 2.75) is 31.2 Å². The van der Waals surface area contributed by atoms with Gasteiger partial charge in [0.15, 0.2) is 15.6 Å². The molecule has 0 unspecified atom stereocenters. The largest absolute Gasteiger partial charge is 0.417 e. The van der Waals surface area contributed by atoms with E-state index in [1.54, 1.807) is 0 Å². The van der Waals surface area contributed by atoms with Crippen LogP contribution in [-0.2, 0) is 27.2 Å². The Morgan fingerprint density at radius 3 is 2.15 bits per heavy atom. The summed E-state index contributed by atoms with van der Waals surface area (Å²) in [4.78, 5) is 15.5. The van der Waals surface area contributed by atoms with E-state index >= 15 is 0 Å². The van der Waals surface area contributed by atoms with Crippen LogP contribution in [0.2, 0.25) is 0 Å². The van der Waals surface area contributed by atoms with Crippen LogP contribution in [0.5, 0.6) is 0 Å². The normalized spacial score (nSPS) is 13.3. The van der Waals surface area contributed by atoms with Crippen LogP contribution in [0.3, 0.4) is 0 Å². The maximum Gasteiger partial charge on any atom is 0.417 e. The van der Waals surface area contributed by atoms with Gasteiger partial charge in [-0.3, -0.25) is 9.78 Å². The number of pyridine rings is 1. The van der Waals surface area contributed by atoms with Crippen molar-refractivity contribution in [3.8, 4) is 0 Å². The van der Waals surface area contributed by atoms with Crippen molar-refractivity contribution >= 4 is 15.6 Å². The van der Waals surface area contributed by atoms with Crippen molar-refractivity contribution in [1.82, 2.24) is 4.98 Å². The summed E-state index contributed by atoms with van der Waals surface area (Å²) in [7, 11) is -3.61. The third-order valence-electron chi connectivity index (χ3n) is 3.09. The molecule has 0 spiro atoms. The Hall–Kier alpha value is -1.44. The number of hydrogen-bond donors (Lipinski definition) is 0. The second-order valence-corrected chi connectivity index (χ2v) is 7.48. The molecule has 0 saturated carbocycles. The molecule has 1 heterocycles. The molecule has 1 aromatic rings. The van der Waals surface area contributed by atoms with Gasteiger partial charge in [0, 0.05) is 18.1 Å². The van der Waals surface area contributed by atoms with Crippen molar-refractivity contribution in [2.75, 3.05) is 6.26 Å². The summed E-state index contributed by atoms with van der Waals surface area (Å²) < 4.78 is 58.4. The molecule has 8 heteroatoms. The zero-order chi connectivity index (χ0) is 15.8. The van der Waals surface area contributed by atoms with E-state index in [1.807, 2.05) is 0 Å². The lowest BCUT2D eigenvalue weighted by Crippen LogP contribution is -2.41. The molecule has 0 bridgehead atoms. The number of ketones is 1. The fraction of sp³-hybridized carbons (Fsp3) is 0.500. The topological polar surface area (TPSA) is 64.1 Å². The van der Waals surface area contributed by atoms with E-state index in [9.17, 15) is 26.4 Å². The first-order valence-corrected chi connectivity index (χ1v) is 7.50. The smallest absolute Gasteiger partial charge is 0.298 e. The molecular weight excluding hydrogens is 295 g/mol. The van der Waals surface area contributed by atoms with Crippen LogP contribution in [0.1, 0.15) is 25.1 Å². The Morgan fingerprint density at radius 2 is 1.80 bits per heavy atom. The highest BCUT2D eigenvalue weighted by atomic mass is 32.2. The SMILES string of the molecule is CC(C)(C(=O)Cc1ccc(C(F)(F)F)cn1)S(C)(=O)=O. The number of carbonyl (C=O) groups is 1. The Kier molecular flexibility index (Phi) is 4.28. The third-order valence-corrected chi connectivity index (χ3v) is 5.17. The summed E-state index contributed by atoms with van der Waals surface area (Å²) in [6.45, 7) is 2.52. The van der Waals surface area contributed by atoms with Crippen LogP contribution in [0.15, 0.2) is 18.3 Å². The number of sulfone groups is 1. The summed E-state index contributed by atoms with van der Waals surface area (Å²) in [6.07, 6.45) is -3.28. The number of Topliss-reactive ketones (excluding diaryl/α,β-unsaturated/α-hetero) is 1. The molecule has 0 aromatic carbocycles. The predicted octanol–water partition coefficient (Wildman–Crippen LogP) is 2.04. The van der Waals surface area contributed by atoms with Crippen LogP contribution in [0.25, 0.3) is 0 Å². The third kappa shape index (κ3) is 3.56. The Balaban J connectivity index is 2.93. The second-order valence-electron chi connectivity index (χ2n) is 4.92. The van der Waals surface area contributed by atoms with E-state index in [1.165, 1.54) is 13.8 Å². The molecule has 1 rings (SSSR count). The number of alkyl halides is 3. The van der Waals surface area contributed by atoms with Crippen molar-refractivity contribution in [2.24, 2.45) is 0 Å². The zero-order valence-corrected chi connectivity index (χ0v) is 12.0. The quantitative estimate of drug-likeness (QED) is 0.854. The van der Waals surface area contributed by atoms with Crippen LogP contribution < -0.4 is 0 Å². The van der Waals surface area contributed by atoms with Crippen molar-refractivity contribution in [3.63, 3.8) is 0 Å². The van der Waals surface area contributed by atoms with E-state index in [2.05, 4.69) is 4.98 Å². The van der Waals surface area contributed by atoms with Gasteiger partial charge in [0.05, 0.1) is 12.0 Å². The van der Waals surface area contributed by atoms with Gasteiger partial charge in [0.1, 0.15) is 4.75 Å². The minimum absolute atomic E-state index is 0.0970. The molecule has 112 valence electrons. The number of halogens is 3. The molecule has 0 aliphatic carbocycles. The monoisotopic (exact) mass is 309 g/mol. The summed E-state index contributed by atoms with van der Waals surface area (Å²) in [5.41, 5.74) is -0.823. The molecule has 0 amide bonds. The molecule has 0 radical (unpaired) electrons. The molecule has 0 saturated heterocycles. The maximum atomic E-state index is 12.3. The number of hydrogen-bond acceptors (Lipinski definition) is 4. The summed E-state index contributed by atoms with van der Waals surface area (Å²) in [5, 5.41) is 0. The number of aromatic nitrogens is 1. The lowest BCUT2D eigenvalue weighted by molar-refractivity contribution is -0.137. The van der Waals surface area contributed by atoms with Gasteiger partial charge in [-0.05, 0) is 26.0 Å². The average molecular weight is 309 g/mol.